The molecule has 1 atom stereocenters. The van der Waals surface area contributed by atoms with E-state index in [1.165, 1.54) is 21.0 Å². The molecule has 2 aromatic rings. The van der Waals surface area contributed by atoms with Crippen molar-refractivity contribution in [3.63, 3.8) is 0 Å². The molecule has 2 rings (SSSR count). The summed E-state index contributed by atoms with van der Waals surface area (Å²) < 4.78 is 36.6. The fourth-order valence-electron chi connectivity index (χ4n) is 3.11. The topological polar surface area (TPSA) is 72.8 Å². The van der Waals surface area contributed by atoms with E-state index in [1.54, 1.807) is 49.6 Å². The van der Waals surface area contributed by atoms with Gasteiger partial charge in [0.1, 0.15) is 16.7 Å². The molecule has 5 nitrogen and oxygen atoms in total. The van der Waals surface area contributed by atoms with Crippen LogP contribution in [0.3, 0.4) is 0 Å². The Morgan fingerprint density at radius 2 is 1.69 bits per heavy atom. The van der Waals surface area contributed by atoms with Gasteiger partial charge in [-0.1, -0.05) is 36.4 Å². The number of hydrogen-bond donors (Lipinski definition) is 1. The van der Waals surface area contributed by atoms with E-state index in [1.807, 2.05) is 6.07 Å². The molecule has 0 spiro atoms. The van der Waals surface area contributed by atoms with Crippen molar-refractivity contribution in [2.75, 3.05) is 20.0 Å². The molecule has 0 aliphatic carbocycles. The van der Waals surface area contributed by atoms with Crippen LogP contribution < -0.4 is 9.47 Å². The summed E-state index contributed by atoms with van der Waals surface area (Å²) in [6.45, 7) is 3.05. The van der Waals surface area contributed by atoms with Crippen molar-refractivity contribution < 1.29 is 23.0 Å². The van der Waals surface area contributed by atoms with Crippen LogP contribution in [0.25, 0.3) is 0 Å². The number of ether oxygens (including phenoxy) is 2. The molecule has 6 heteroatoms. The van der Waals surface area contributed by atoms with Crippen LogP contribution >= 0.6 is 0 Å². The molecular weight excluding hydrogens is 352 g/mol. The number of sulfone groups is 1. The Labute approximate surface area is 155 Å². The van der Waals surface area contributed by atoms with E-state index < -0.39 is 20.7 Å². The maximum absolute atomic E-state index is 13.0. The molecule has 0 bridgehead atoms. The molecule has 0 aromatic heterocycles. The Morgan fingerprint density at radius 1 is 1.04 bits per heavy atom. The average molecular weight is 378 g/mol. The second-order valence-corrected chi connectivity index (χ2v) is 8.94. The van der Waals surface area contributed by atoms with Gasteiger partial charge in [-0.25, -0.2) is 8.42 Å². The van der Waals surface area contributed by atoms with Crippen molar-refractivity contribution in [1.82, 2.24) is 0 Å². The minimum absolute atomic E-state index is 0.0980. The first kappa shape index (κ1) is 20.3. The zero-order chi connectivity index (χ0) is 19.4. The Morgan fingerprint density at radius 3 is 2.23 bits per heavy atom. The third-order valence-electron chi connectivity index (χ3n) is 4.25. The van der Waals surface area contributed by atoms with Crippen LogP contribution in [0.1, 0.15) is 30.2 Å². The molecule has 2 aromatic carbocycles. The number of benzene rings is 2. The standard InChI is InChI=1S/C20H26O5S/c1-20(2,21)19(16-8-6-5-7-9-16)26(22,23)13-12-15-10-11-17(24-3)14-18(15)25-4/h5-11,14,19,21H,12-13H2,1-4H3. The van der Waals surface area contributed by atoms with Crippen LogP contribution in [0.4, 0.5) is 0 Å². The fraction of sp³-hybridized carbons (Fsp3) is 0.400. The largest absolute Gasteiger partial charge is 0.497 e. The van der Waals surface area contributed by atoms with E-state index in [-0.39, 0.29) is 12.2 Å². The highest BCUT2D eigenvalue weighted by Gasteiger charge is 2.39. The first-order valence-electron chi connectivity index (χ1n) is 8.39. The first-order valence-corrected chi connectivity index (χ1v) is 10.1. The molecule has 0 radical (unpaired) electrons. The molecule has 1 unspecified atom stereocenters. The van der Waals surface area contributed by atoms with Gasteiger partial charge in [0.05, 0.1) is 25.6 Å². The molecule has 0 aliphatic heterocycles. The van der Waals surface area contributed by atoms with Crippen molar-refractivity contribution in [1.29, 1.82) is 0 Å². The van der Waals surface area contributed by atoms with Crippen molar-refractivity contribution in [3.05, 3.63) is 59.7 Å². The van der Waals surface area contributed by atoms with Crippen LogP contribution in [0, 0.1) is 0 Å². The lowest BCUT2D eigenvalue weighted by Crippen LogP contribution is -2.36. The van der Waals surface area contributed by atoms with Crippen molar-refractivity contribution in [2.45, 2.75) is 31.1 Å². The summed E-state index contributed by atoms with van der Waals surface area (Å²) in [5.41, 5.74) is -0.0365. The minimum atomic E-state index is -3.61. The maximum Gasteiger partial charge on any atom is 0.160 e. The number of hydrogen-bond acceptors (Lipinski definition) is 5. The van der Waals surface area contributed by atoms with Crippen LogP contribution in [-0.4, -0.2) is 39.1 Å². The predicted octanol–water partition coefficient (Wildman–Crippen LogP) is 3.17. The number of aryl methyl sites for hydroxylation is 1. The SMILES string of the molecule is COc1ccc(CCS(=O)(=O)C(c2ccccc2)C(C)(C)O)c(OC)c1. The fourth-order valence-corrected chi connectivity index (χ4v) is 5.30. The normalized spacial score (nSPS) is 13.3. The van der Waals surface area contributed by atoms with E-state index >= 15 is 0 Å². The second-order valence-electron chi connectivity index (χ2n) is 6.74. The lowest BCUT2D eigenvalue weighted by atomic mass is 9.98. The summed E-state index contributed by atoms with van der Waals surface area (Å²) in [5, 5.41) is 9.51. The van der Waals surface area contributed by atoms with Crippen LogP contribution in [-0.2, 0) is 16.3 Å². The van der Waals surface area contributed by atoms with E-state index in [4.69, 9.17) is 9.47 Å². The van der Waals surface area contributed by atoms with Gasteiger partial charge in [0.2, 0.25) is 0 Å². The lowest BCUT2D eigenvalue weighted by Gasteiger charge is -2.29. The molecule has 0 aliphatic rings. The number of aliphatic hydroxyl groups is 1. The monoisotopic (exact) mass is 378 g/mol. The molecule has 1 N–H and O–H groups in total. The number of methoxy groups -OCH3 is 2. The minimum Gasteiger partial charge on any atom is -0.497 e. The molecule has 0 saturated carbocycles. The lowest BCUT2D eigenvalue weighted by molar-refractivity contribution is 0.0747. The van der Waals surface area contributed by atoms with Gasteiger partial charge >= 0.3 is 0 Å². The second kappa shape index (κ2) is 8.10. The van der Waals surface area contributed by atoms with Crippen LogP contribution in [0.15, 0.2) is 48.5 Å². The third-order valence-corrected chi connectivity index (χ3v) is 6.59. The van der Waals surface area contributed by atoms with Gasteiger partial charge in [-0.05, 0) is 37.5 Å². The molecule has 0 heterocycles. The van der Waals surface area contributed by atoms with Crippen molar-refractivity contribution >= 4 is 9.84 Å². The first-order chi connectivity index (χ1) is 12.2. The van der Waals surface area contributed by atoms with Crippen LogP contribution in [0.2, 0.25) is 0 Å². The summed E-state index contributed by atoms with van der Waals surface area (Å²) in [4.78, 5) is 0. The van der Waals surface area contributed by atoms with E-state index in [2.05, 4.69) is 0 Å². The molecule has 0 amide bonds. The summed E-state index contributed by atoms with van der Waals surface area (Å²) in [6, 6.07) is 14.1. The average Bonchev–Trinajstić information content (AvgIpc) is 2.59. The Balaban J connectivity index is 2.29. The Kier molecular flexibility index (Phi) is 6.31. The predicted molar refractivity (Wildman–Crippen MR) is 103 cm³/mol. The maximum atomic E-state index is 13.0. The zero-order valence-electron chi connectivity index (χ0n) is 15.6. The third kappa shape index (κ3) is 4.77. The van der Waals surface area contributed by atoms with Crippen molar-refractivity contribution in [3.8, 4) is 11.5 Å². The van der Waals surface area contributed by atoms with E-state index in [0.717, 1.165) is 5.56 Å². The molecule has 0 fully saturated rings. The molecule has 142 valence electrons. The van der Waals surface area contributed by atoms with Crippen molar-refractivity contribution in [2.24, 2.45) is 0 Å². The van der Waals surface area contributed by atoms with E-state index in [9.17, 15) is 13.5 Å². The number of rotatable bonds is 8. The van der Waals surface area contributed by atoms with Gasteiger partial charge in [-0.15, -0.1) is 0 Å². The van der Waals surface area contributed by atoms with Crippen LogP contribution in [0.5, 0.6) is 11.5 Å². The highest BCUT2D eigenvalue weighted by molar-refractivity contribution is 7.91. The highest BCUT2D eigenvalue weighted by atomic mass is 32.2. The highest BCUT2D eigenvalue weighted by Crippen LogP contribution is 2.35. The van der Waals surface area contributed by atoms with Gasteiger partial charge in [0.25, 0.3) is 0 Å². The summed E-state index contributed by atoms with van der Waals surface area (Å²) in [6.07, 6.45) is 0.287. The molecule has 0 saturated heterocycles. The van der Waals surface area contributed by atoms with E-state index in [0.29, 0.717) is 17.1 Å². The Bertz CT molecular complexity index is 823. The van der Waals surface area contributed by atoms with Gasteiger partial charge in [0, 0.05) is 6.07 Å². The summed E-state index contributed by atoms with van der Waals surface area (Å²) in [7, 11) is -0.509. The van der Waals surface area contributed by atoms with Gasteiger partial charge < -0.3 is 14.6 Å². The molecular formula is C20H26O5S. The smallest absolute Gasteiger partial charge is 0.160 e. The zero-order valence-corrected chi connectivity index (χ0v) is 16.4. The van der Waals surface area contributed by atoms with Gasteiger partial charge in [-0.2, -0.15) is 0 Å². The Hall–Kier alpha value is -2.05. The van der Waals surface area contributed by atoms with Gasteiger partial charge in [0.15, 0.2) is 9.84 Å². The van der Waals surface area contributed by atoms with Gasteiger partial charge in [-0.3, -0.25) is 0 Å². The quantitative estimate of drug-likeness (QED) is 0.764. The molecule has 26 heavy (non-hydrogen) atoms. The summed E-state index contributed by atoms with van der Waals surface area (Å²) >= 11 is 0. The summed E-state index contributed by atoms with van der Waals surface area (Å²) in [5.74, 6) is 1.13.